The van der Waals surface area contributed by atoms with Crippen molar-refractivity contribution >= 4 is 35.3 Å². The van der Waals surface area contributed by atoms with E-state index in [-0.39, 0.29) is 41.6 Å². The Bertz CT molecular complexity index is 1940. The highest BCUT2D eigenvalue weighted by atomic mass is 19.1. The lowest BCUT2D eigenvalue weighted by Crippen LogP contribution is -2.66. The maximum Gasteiger partial charge on any atom is 0.266 e. The molecule has 12 nitrogen and oxygen atoms in total. The molecule has 5 fully saturated rings. The molecule has 0 aromatic heterocycles. The van der Waals surface area contributed by atoms with Crippen molar-refractivity contribution in [1.29, 1.82) is 0 Å². The number of ketones is 1. The van der Waals surface area contributed by atoms with Gasteiger partial charge < -0.3 is 20.3 Å². The molecule has 1 unspecified atom stereocenters. The van der Waals surface area contributed by atoms with E-state index in [4.69, 9.17) is 4.74 Å². The van der Waals surface area contributed by atoms with Crippen LogP contribution in [0.3, 0.4) is 0 Å². The summed E-state index contributed by atoms with van der Waals surface area (Å²) >= 11 is 0. The molecule has 7 aliphatic rings. The first-order chi connectivity index (χ1) is 26.7. The molecule has 300 valence electrons. The summed E-state index contributed by atoms with van der Waals surface area (Å²) in [6.07, 6.45) is 10.9. The maximum atomic E-state index is 17.3. The van der Waals surface area contributed by atoms with Crippen molar-refractivity contribution in [3.8, 4) is 5.75 Å². The second kappa shape index (κ2) is 14.0. The molecule has 2 heterocycles. The first-order valence-corrected chi connectivity index (χ1v) is 20.5. The number of alkyl halides is 1. The van der Waals surface area contributed by atoms with Gasteiger partial charge in [0.1, 0.15) is 17.4 Å². The molecule has 4 saturated carbocycles. The van der Waals surface area contributed by atoms with Gasteiger partial charge in [0.15, 0.2) is 11.5 Å². The number of fused-ring (bicyclic) bond motifs is 6. The molecule has 13 heteroatoms. The Hall–Kier alpha value is -4.23. The molecule has 4 N–H and O–H groups in total. The number of allylic oxidation sites excluding steroid dienone is 4. The standard InChI is InChI=1S/C43H52FN3O9/c1-24-20-28-29-13-12-25-21-26(48)14-15-40(25,2)43(29,44)33(49)22-30(28)42(24,55)39(54)45-18-7-5-3-4-6-8-19-56-32-11-9-10-27-34(32)37(52)47(36(27)51)31-23-41(16-17-41)38(53)46-35(31)50/h9-11,14-15,21,24,28-31,33,49,55H,3-8,12-13,16-20,22-23H2,1-2H3,(H,45,54)(H,46,50,53)/t24-,28-,29+,30+,31?,33+,40+,42-,43+/m1/s1. The van der Waals surface area contributed by atoms with Crippen LogP contribution in [0.15, 0.2) is 42.0 Å². The number of benzene rings is 1. The van der Waals surface area contributed by atoms with Crippen molar-refractivity contribution in [3.63, 3.8) is 0 Å². The zero-order chi connectivity index (χ0) is 39.8. The Morgan fingerprint density at radius 3 is 2.50 bits per heavy atom. The Balaban J connectivity index is 0.770. The fourth-order valence-electron chi connectivity index (χ4n) is 11.3. The topological polar surface area (TPSA) is 179 Å². The number of piperidine rings is 1. The van der Waals surface area contributed by atoms with Gasteiger partial charge in [0, 0.05) is 23.8 Å². The summed E-state index contributed by atoms with van der Waals surface area (Å²) < 4.78 is 23.2. The highest BCUT2D eigenvalue weighted by Crippen LogP contribution is 2.66. The van der Waals surface area contributed by atoms with Gasteiger partial charge in [-0.25, -0.2) is 4.39 Å². The van der Waals surface area contributed by atoms with E-state index in [0.29, 0.717) is 63.0 Å². The van der Waals surface area contributed by atoms with Gasteiger partial charge in [0.25, 0.3) is 17.7 Å². The predicted octanol–water partition coefficient (Wildman–Crippen LogP) is 4.27. The van der Waals surface area contributed by atoms with E-state index in [1.54, 1.807) is 31.2 Å². The van der Waals surface area contributed by atoms with Crippen LogP contribution in [-0.2, 0) is 19.2 Å². The highest BCUT2D eigenvalue weighted by Gasteiger charge is 2.71. The van der Waals surface area contributed by atoms with Gasteiger partial charge in [-0.2, -0.15) is 0 Å². The van der Waals surface area contributed by atoms with E-state index >= 15 is 4.39 Å². The number of aliphatic hydroxyl groups is 2. The second-order valence-electron chi connectivity index (χ2n) is 17.7. The summed E-state index contributed by atoms with van der Waals surface area (Å²) in [6.45, 7) is 4.32. The molecule has 5 aliphatic carbocycles. The fraction of sp³-hybridized carbons (Fsp3) is 0.628. The Kier molecular flexibility index (Phi) is 9.66. The third-order valence-electron chi connectivity index (χ3n) is 14.7. The molecule has 56 heavy (non-hydrogen) atoms. The molecule has 0 radical (unpaired) electrons. The first-order valence-electron chi connectivity index (χ1n) is 20.5. The van der Waals surface area contributed by atoms with Gasteiger partial charge in [-0.15, -0.1) is 0 Å². The number of halogens is 1. The van der Waals surface area contributed by atoms with Crippen LogP contribution in [0.5, 0.6) is 5.75 Å². The summed E-state index contributed by atoms with van der Waals surface area (Å²) in [4.78, 5) is 78.4. The molecule has 1 aromatic rings. The number of rotatable bonds is 12. The Morgan fingerprint density at radius 2 is 1.75 bits per heavy atom. The molecule has 1 saturated heterocycles. The van der Waals surface area contributed by atoms with Crippen molar-refractivity contribution in [1.82, 2.24) is 15.5 Å². The summed E-state index contributed by atoms with van der Waals surface area (Å²) in [5.41, 5.74) is -4.45. The lowest BCUT2D eigenvalue weighted by atomic mass is 9.48. The number of imide groups is 2. The van der Waals surface area contributed by atoms with Crippen LogP contribution >= 0.6 is 0 Å². The lowest BCUT2D eigenvalue weighted by Gasteiger charge is -2.59. The quantitative estimate of drug-likeness (QED) is 0.178. The Morgan fingerprint density at radius 1 is 1.02 bits per heavy atom. The third kappa shape index (κ3) is 5.81. The molecule has 1 spiro atoms. The minimum absolute atomic E-state index is 0.0249. The molecule has 8 rings (SSSR count). The summed E-state index contributed by atoms with van der Waals surface area (Å²) in [7, 11) is 0. The number of nitrogens with one attached hydrogen (secondary N) is 2. The van der Waals surface area contributed by atoms with Gasteiger partial charge in [0.05, 0.1) is 29.3 Å². The molecule has 9 atom stereocenters. The third-order valence-corrected chi connectivity index (χ3v) is 14.7. The van der Waals surface area contributed by atoms with Crippen molar-refractivity contribution in [3.05, 3.63) is 53.1 Å². The number of carbonyl (C=O) groups excluding carboxylic acids is 6. The number of ether oxygens (including phenoxy) is 1. The smallest absolute Gasteiger partial charge is 0.266 e. The predicted molar refractivity (Wildman–Crippen MR) is 200 cm³/mol. The normalized spacial score (nSPS) is 36.4. The van der Waals surface area contributed by atoms with Crippen LogP contribution in [0.4, 0.5) is 4.39 Å². The van der Waals surface area contributed by atoms with Crippen molar-refractivity contribution in [2.24, 2.45) is 34.5 Å². The molecule has 1 aromatic carbocycles. The number of carbonyl (C=O) groups is 6. The molecule has 5 amide bonds. The minimum atomic E-state index is -2.00. The van der Waals surface area contributed by atoms with Crippen LogP contribution in [-0.4, -0.2) is 87.0 Å². The number of aliphatic hydroxyl groups excluding tert-OH is 1. The van der Waals surface area contributed by atoms with Crippen LogP contribution in [0.25, 0.3) is 0 Å². The average molecular weight is 774 g/mol. The number of hydrogen-bond acceptors (Lipinski definition) is 9. The van der Waals surface area contributed by atoms with E-state index in [0.717, 1.165) is 37.0 Å². The molecular weight excluding hydrogens is 721 g/mol. The van der Waals surface area contributed by atoms with Gasteiger partial charge in [0.2, 0.25) is 11.8 Å². The van der Waals surface area contributed by atoms with Crippen molar-refractivity contribution in [2.45, 2.75) is 121 Å². The minimum Gasteiger partial charge on any atom is -0.493 e. The molecular formula is C43H52FN3O9. The number of unbranched alkanes of at least 4 members (excludes halogenated alkanes) is 5. The first kappa shape index (κ1) is 38.6. The van der Waals surface area contributed by atoms with E-state index in [1.807, 2.05) is 6.92 Å². The van der Waals surface area contributed by atoms with Gasteiger partial charge in [-0.05, 0) is 101 Å². The number of amides is 5. The van der Waals surface area contributed by atoms with Crippen LogP contribution in [0.1, 0.15) is 118 Å². The monoisotopic (exact) mass is 773 g/mol. The highest BCUT2D eigenvalue weighted by molar-refractivity contribution is 6.24. The summed E-state index contributed by atoms with van der Waals surface area (Å²) in [5.74, 6) is -4.24. The zero-order valence-electron chi connectivity index (χ0n) is 32.1. The maximum absolute atomic E-state index is 17.3. The van der Waals surface area contributed by atoms with Crippen LogP contribution in [0, 0.1) is 34.5 Å². The van der Waals surface area contributed by atoms with E-state index < -0.39 is 75.6 Å². The Labute approximate surface area is 325 Å². The van der Waals surface area contributed by atoms with Gasteiger partial charge in [-0.3, -0.25) is 39.0 Å². The zero-order valence-corrected chi connectivity index (χ0v) is 32.1. The molecule has 0 bridgehead atoms. The summed E-state index contributed by atoms with van der Waals surface area (Å²) in [5, 5.41) is 28.7. The SMILES string of the molecule is C[C@@H]1C[C@H]2[C@H](C[C@H](O)[C@@]3(F)[C@H]2CCC2=CC(=O)C=C[C@@]23C)[C@@]1(O)C(=O)NCCCCCCCCOc1cccc2c1C(=O)N(C1CC3(CC3)C(=O)NC1=O)C2=O. The van der Waals surface area contributed by atoms with Crippen molar-refractivity contribution in [2.75, 3.05) is 13.2 Å². The largest absolute Gasteiger partial charge is 0.493 e. The van der Waals surface area contributed by atoms with E-state index in [1.165, 1.54) is 12.2 Å². The van der Waals surface area contributed by atoms with Crippen LogP contribution in [0.2, 0.25) is 0 Å². The average Bonchev–Trinajstić information content (AvgIpc) is 3.84. The van der Waals surface area contributed by atoms with Gasteiger partial charge >= 0.3 is 0 Å². The number of nitrogens with zero attached hydrogens (tertiary/aromatic N) is 1. The fourth-order valence-corrected chi connectivity index (χ4v) is 11.3. The summed E-state index contributed by atoms with van der Waals surface area (Å²) in [6, 6.07) is 3.81. The van der Waals surface area contributed by atoms with Crippen LogP contribution < -0.4 is 15.4 Å². The molecule has 2 aliphatic heterocycles. The lowest BCUT2D eigenvalue weighted by molar-refractivity contribution is -0.191. The van der Waals surface area contributed by atoms with Crippen molar-refractivity contribution < 1.29 is 48.1 Å². The second-order valence-corrected chi connectivity index (χ2v) is 17.7. The number of hydrogen-bond donors (Lipinski definition) is 4. The van der Waals surface area contributed by atoms with E-state index in [9.17, 15) is 39.0 Å². The van der Waals surface area contributed by atoms with E-state index in [2.05, 4.69) is 10.6 Å². The van der Waals surface area contributed by atoms with Gasteiger partial charge in [-0.1, -0.05) is 50.3 Å².